The Labute approximate surface area is 135 Å². The molecule has 122 valence electrons. The molecule has 0 saturated carbocycles. The van der Waals surface area contributed by atoms with Gasteiger partial charge in [-0.15, -0.1) is 0 Å². The van der Waals surface area contributed by atoms with Gasteiger partial charge in [-0.2, -0.15) is 0 Å². The SMILES string of the molecule is CS(=O)(=O)CCNC(=O)N1CCO[C@@H](c2ccccc2Cl)C1. The standard InChI is InChI=1S/C14H19ClN2O4S/c1-22(19,20)9-6-16-14(18)17-7-8-21-13(10-17)11-4-2-3-5-12(11)15/h2-5,13H,6-10H2,1H3,(H,16,18)/t13-/m1/s1. The number of carbonyl (C=O) groups is 1. The fraction of sp³-hybridized carbons (Fsp3) is 0.500. The van der Waals surface area contributed by atoms with Gasteiger partial charge in [-0.1, -0.05) is 29.8 Å². The molecule has 1 aromatic carbocycles. The summed E-state index contributed by atoms with van der Waals surface area (Å²) in [5, 5.41) is 3.22. The Morgan fingerprint density at radius 1 is 1.45 bits per heavy atom. The predicted molar refractivity (Wildman–Crippen MR) is 84.8 cm³/mol. The lowest BCUT2D eigenvalue weighted by molar-refractivity contribution is -0.0153. The van der Waals surface area contributed by atoms with Crippen molar-refractivity contribution in [2.24, 2.45) is 0 Å². The number of halogens is 1. The van der Waals surface area contributed by atoms with E-state index < -0.39 is 9.84 Å². The third kappa shape index (κ3) is 4.86. The van der Waals surface area contributed by atoms with E-state index in [1.54, 1.807) is 11.0 Å². The molecular formula is C14H19ClN2O4S. The first-order valence-electron chi connectivity index (χ1n) is 6.93. The number of benzene rings is 1. The topological polar surface area (TPSA) is 75.7 Å². The highest BCUT2D eigenvalue weighted by atomic mass is 35.5. The third-order valence-corrected chi connectivity index (χ3v) is 4.64. The zero-order chi connectivity index (χ0) is 16.2. The minimum Gasteiger partial charge on any atom is -0.370 e. The Balaban J connectivity index is 1.93. The molecule has 1 atom stereocenters. The second-order valence-electron chi connectivity index (χ2n) is 5.19. The molecule has 6 nitrogen and oxygen atoms in total. The molecular weight excluding hydrogens is 328 g/mol. The van der Waals surface area contributed by atoms with Crippen molar-refractivity contribution < 1.29 is 17.9 Å². The average molecular weight is 347 g/mol. The Kier molecular flexibility index (Phi) is 5.66. The Hall–Kier alpha value is -1.31. The summed E-state index contributed by atoms with van der Waals surface area (Å²) in [4.78, 5) is 13.7. The van der Waals surface area contributed by atoms with Gasteiger partial charge in [-0.3, -0.25) is 0 Å². The Morgan fingerprint density at radius 3 is 2.86 bits per heavy atom. The first kappa shape index (κ1) is 17.1. The average Bonchev–Trinajstić information content (AvgIpc) is 2.46. The van der Waals surface area contributed by atoms with Crippen LogP contribution in [0.5, 0.6) is 0 Å². The maximum Gasteiger partial charge on any atom is 0.317 e. The van der Waals surface area contributed by atoms with Crippen LogP contribution < -0.4 is 5.32 Å². The number of urea groups is 1. The highest BCUT2D eigenvalue weighted by Crippen LogP contribution is 2.28. The van der Waals surface area contributed by atoms with Gasteiger partial charge in [0.1, 0.15) is 15.9 Å². The molecule has 22 heavy (non-hydrogen) atoms. The van der Waals surface area contributed by atoms with Gasteiger partial charge in [-0.25, -0.2) is 13.2 Å². The molecule has 2 amide bonds. The second-order valence-corrected chi connectivity index (χ2v) is 7.86. The van der Waals surface area contributed by atoms with Crippen molar-refractivity contribution >= 4 is 27.5 Å². The summed E-state index contributed by atoms with van der Waals surface area (Å²) in [5.41, 5.74) is 0.845. The van der Waals surface area contributed by atoms with Crippen LogP contribution in [0.2, 0.25) is 5.02 Å². The molecule has 0 radical (unpaired) electrons. The highest BCUT2D eigenvalue weighted by Gasteiger charge is 2.26. The third-order valence-electron chi connectivity index (χ3n) is 3.35. The van der Waals surface area contributed by atoms with E-state index in [-0.39, 0.29) is 24.4 Å². The zero-order valence-corrected chi connectivity index (χ0v) is 13.9. The van der Waals surface area contributed by atoms with Crippen molar-refractivity contribution in [3.05, 3.63) is 34.9 Å². The fourth-order valence-corrected chi connectivity index (χ4v) is 2.94. The van der Waals surface area contributed by atoms with Crippen molar-refractivity contribution in [2.75, 3.05) is 38.2 Å². The molecule has 8 heteroatoms. The van der Waals surface area contributed by atoms with Crippen molar-refractivity contribution in [3.8, 4) is 0 Å². The Bertz CT molecular complexity index is 635. The molecule has 0 bridgehead atoms. The monoisotopic (exact) mass is 346 g/mol. The van der Waals surface area contributed by atoms with E-state index in [4.69, 9.17) is 16.3 Å². The van der Waals surface area contributed by atoms with Crippen molar-refractivity contribution in [1.29, 1.82) is 0 Å². The van der Waals surface area contributed by atoms with E-state index in [1.807, 2.05) is 18.2 Å². The van der Waals surface area contributed by atoms with Crippen LogP contribution in [-0.4, -0.2) is 57.6 Å². The molecule has 1 saturated heterocycles. The molecule has 2 rings (SSSR count). The summed E-state index contributed by atoms with van der Waals surface area (Å²) in [7, 11) is -3.09. The molecule has 0 spiro atoms. The Morgan fingerprint density at radius 2 is 2.18 bits per heavy atom. The maximum absolute atomic E-state index is 12.1. The van der Waals surface area contributed by atoms with Gasteiger partial charge in [0.2, 0.25) is 0 Å². The molecule has 1 aromatic rings. The molecule has 0 unspecified atom stereocenters. The van der Waals surface area contributed by atoms with E-state index in [0.29, 0.717) is 24.7 Å². The first-order chi connectivity index (χ1) is 10.4. The molecule has 0 aromatic heterocycles. The highest BCUT2D eigenvalue weighted by molar-refractivity contribution is 7.90. The zero-order valence-electron chi connectivity index (χ0n) is 12.3. The van der Waals surface area contributed by atoms with Gasteiger partial charge in [0.25, 0.3) is 0 Å². The number of sulfone groups is 1. The number of amides is 2. The minimum absolute atomic E-state index is 0.0724. The maximum atomic E-state index is 12.1. The number of morpholine rings is 1. The predicted octanol–water partition coefficient (Wildman–Crippen LogP) is 1.47. The molecule has 1 aliphatic heterocycles. The van der Waals surface area contributed by atoms with E-state index in [2.05, 4.69) is 5.32 Å². The second kappa shape index (κ2) is 7.30. The number of nitrogens with zero attached hydrogens (tertiary/aromatic N) is 1. The van der Waals surface area contributed by atoms with Gasteiger partial charge in [-0.05, 0) is 6.07 Å². The number of hydrogen-bond donors (Lipinski definition) is 1. The van der Waals surface area contributed by atoms with E-state index in [1.165, 1.54) is 0 Å². The summed E-state index contributed by atoms with van der Waals surface area (Å²) in [6.45, 7) is 1.36. The number of hydrogen-bond acceptors (Lipinski definition) is 4. The smallest absolute Gasteiger partial charge is 0.317 e. The summed E-state index contributed by atoms with van der Waals surface area (Å²) in [6.07, 6.45) is 0.865. The lowest BCUT2D eigenvalue weighted by Crippen LogP contribution is -2.48. The summed E-state index contributed by atoms with van der Waals surface area (Å²) < 4.78 is 27.8. The van der Waals surface area contributed by atoms with Crippen LogP contribution in [0.1, 0.15) is 11.7 Å². The lowest BCUT2D eigenvalue weighted by Gasteiger charge is -2.33. The molecule has 1 fully saturated rings. The van der Waals surface area contributed by atoms with Crippen LogP contribution in [0.4, 0.5) is 4.79 Å². The van der Waals surface area contributed by atoms with Crippen LogP contribution in [-0.2, 0) is 14.6 Å². The number of nitrogens with one attached hydrogen (secondary N) is 1. The summed E-state index contributed by atoms with van der Waals surface area (Å²) in [5.74, 6) is -0.0724. The minimum atomic E-state index is -3.09. The van der Waals surface area contributed by atoms with Gasteiger partial charge < -0.3 is 15.0 Å². The van der Waals surface area contributed by atoms with Crippen LogP contribution in [0.15, 0.2) is 24.3 Å². The van der Waals surface area contributed by atoms with Crippen LogP contribution in [0, 0.1) is 0 Å². The molecule has 0 aliphatic carbocycles. The van der Waals surface area contributed by atoms with Crippen molar-refractivity contribution in [3.63, 3.8) is 0 Å². The molecule has 1 aliphatic rings. The van der Waals surface area contributed by atoms with Crippen LogP contribution in [0.25, 0.3) is 0 Å². The molecule has 1 N–H and O–H groups in total. The van der Waals surface area contributed by atoms with Crippen LogP contribution in [0.3, 0.4) is 0 Å². The number of carbonyl (C=O) groups excluding carboxylic acids is 1. The van der Waals surface area contributed by atoms with Gasteiger partial charge >= 0.3 is 6.03 Å². The number of rotatable bonds is 4. The van der Waals surface area contributed by atoms with Gasteiger partial charge in [0.15, 0.2) is 0 Å². The number of ether oxygens (including phenoxy) is 1. The molecule has 1 heterocycles. The normalized spacial score (nSPS) is 19.0. The van der Waals surface area contributed by atoms with E-state index in [0.717, 1.165) is 11.8 Å². The fourth-order valence-electron chi connectivity index (χ4n) is 2.21. The van der Waals surface area contributed by atoms with E-state index in [9.17, 15) is 13.2 Å². The van der Waals surface area contributed by atoms with Gasteiger partial charge in [0, 0.05) is 29.9 Å². The lowest BCUT2D eigenvalue weighted by atomic mass is 10.1. The van der Waals surface area contributed by atoms with Crippen LogP contribution >= 0.6 is 11.6 Å². The summed E-state index contributed by atoms with van der Waals surface area (Å²) in [6, 6.07) is 7.08. The van der Waals surface area contributed by atoms with Crippen molar-refractivity contribution in [2.45, 2.75) is 6.10 Å². The van der Waals surface area contributed by atoms with Gasteiger partial charge in [0.05, 0.1) is 18.9 Å². The first-order valence-corrected chi connectivity index (χ1v) is 9.37. The quantitative estimate of drug-likeness (QED) is 0.895. The van der Waals surface area contributed by atoms with E-state index >= 15 is 0 Å². The summed E-state index contributed by atoms with van der Waals surface area (Å²) >= 11 is 6.15. The van der Waals surface area contributed by atoms with Crippen molar-refractivity contribution in [1.82, 2.24) is 10.2 Å². The largest absolute Gasteiger partial charge is 0.370 e.